The number of aryl methyl sites for hydroxylation is 1. The normalized spacial score (nSPS) is 18.0. The highest BCUT2D eigenvalue weighted by Crippen LogP contribution is 2.11. The number of nitrogens with zero attached hydrogens (tertiary/aromatic N) is 2. The minimum Gasteiger partial charge on any atom is -0.376 e. The van der Waals surface area contributed by atoms with Crippen molar-refractivity contribution in [2.75, 3.05) is 33.8 Å². The highest BCUT2D eigenvalue weighted by atomic mass is 127. The number of rotatable bonds is 8. The lowest BCUT2D eigenvalue weighted by atomic mass is 10.1. The number of guanidine groups is 1. The van der Waals surface area contributed by atoms with Crippen LogP contribution in [-0.4, -0.2) is 62.7 Å². The lowest BCUT2D eigenvalue weighted by Crippen LogP contribution is -2.46. The van der Waals surface area contributed by atoms with Crippen molar-refractivity contribution >= 4 is 35.8 Å². The lowest BCUT2D eigenvalue weighted by Gasteiger charge is -2.25. The van der Waals surface area contributed by atoms with E-state index >= 15 is 0 Å². The maximum atomic E-state index is 11.9. The smallest absolute Gasteiger partial charge is 0.243 e. The van der Waals surface area contributed by atoms with Gasteiger partial charge in [0.2, 0.25) is 5.91 Å². The molecule has 0 aliphatic carbocycles. The Morgan fingerprint density at radius 2 is 2.04 bits per heavy atom. The molecule has 158 valence electrons. The predicted molar refractivity (Wildman–Crippen MR) is 125 cm³/mol. The average Bonchev–Trinajstić information content (AvgIpc) is 2.69. The number of aliphatic imine (C=N–C) groups is 1. The molecular weight excluding hydrogens is 467 g/mol. The van der Waals surface area contributed by atoms with Gasteiger partial charge in [0.1, 0.15) is 6.54 Å². The molecule has 1 heterocycles. The molecule has 1 amide bonds. The SMILES string of the molecule is CC(CCc1ccccc1)NC(=NCC(=O)N(C)C)NCC1CCCCO1.I. The van der Waals surface area contributed by atoms with E-state index in [0.717, 1.165) is 32.3 Å². The number of benzene rings is 1. The van der Waals surface area contributed by atoms with Crippen molar-refractivity contribution in [2.24, 2.45) is 4.99 Å². The van der Waals surface area contributed by atoms with Crippen LogP contribution in [0.4, 0.5) is 0 Å². The van der Waals surface area contributed by atoms with E-state index in [4.69, 9.17) is 4.74 Å². The van der Waals surface area contributed by atoms with Crippen LogP contribution in [0.5, 0.6) is 0 Å². The molecule has 1 fully saturated rings. The Kier molecular flexibility index (Phi) is 12.1. The van der Waals surface area contributed by atoms with Crippen LogP contribution in [0.2, 0.25) is 0 Å². The van der Waals surface area contributed by atoms with E-state index in [-0.39, 0.29) is 48.6 Å². The fourth-order valence-electron chi connectivity index (χ4n) is 2.95. The molecule has 1 aromatic rings. The summed E-state index contributed by atoms with van der Waals surface area (Å²) in [4.78, 5) is 17.9. The van der Waals surface area contributed by atoms with E-state index < -0.39 is 0 Å². The lowest BCUT2D eigenvalue weighted by molar-refractivity contribution is -0.127. The van der Waals surface area contributed by atoms with Gasteiger partial charge in [0.05, 0.1) is 6.10 Å². The van der Waals surface area contributed by atoms with Gasteiger partial charge in [-0.3, -0.25) is 4.79 Å². The number of hydrogen-bond donors (Lipinski definition) is 2. The van der Waals surface area contributed by atoms with Crippen molar-refractivity contribution in [3.8, 4) is 0 Å². The van der Waals surface area contributed by atoms with Crippen LogP contribution in [0.3, 0.4) is 0 Å². The maximum Gasteiger partial charge on any atom is 0.243 e. The molecule has 0 saturated carbocycles. The second-order valence-electron chi connectivity index (χ2n) is 7.39. The van der Waals surface area contributed by atoms with Crippen LogP contribution in [0.1, 0.15) is 38.2 Å². The van der Waals surface area contributed by atoms with E-state index in [1.54, 1.807) is 19.0 Å². The number of likely N-dealkylation sites (N-methyl/N-ethyl adjacent to an activating group) is 1. The van der Waals surface area contributed by atoms with Crippen molar-refractivity contribution in [3.05, 3.63) is 35.9 Å². The maximum absolute atomic E-state index is 11.9. The third-order valence-electron chi connectivity index (χ3n) is 4.73. The minimum atomic E-state index is -0.0121. The van der Waals surface area contributed by atoms with Gasteiger partial charge in [0.25, 0.3) is 0 Å². The van der Waals surface area contributed by atoms with Gasteiger partial charge in [-0.25, -0.2) is 4.99 Å². The van der Waals surface area contributed by atoms with Gasteiger partial charge in [-0.1, -0.05) is 30.3 Å². The summed E-state index contributed by atoms with van der Waals surface area (Å²) in [5.41, 5.74) is 1.33. The topological polar surface area (TPSA) is 66.0 Å². The molecule has 2 rings (SSSR count). The van der Waals surface area contributed by atoms with Crippen molar-refractivity contribution in [3.63, 3.8) is 0 Å². The molecule has 1 aromatic carbocycles. The number of amides is 1. The molecule has 0 radical (unpaired) electrons. The van der Waals surface area contributed by atoms with E-state index in [1.807, 2.05) is 6.07 Å². The number of ether oxygens (including phenoxy) is 1. The van der Waals surface area contributed by atoms with Crippen LogP contribution in [0.25, 0.3) is 0 Å². The summed E-state index contributed by atoms with van der Waals surface area (Å²) in [5, 5.41) is 6.79. The summed E-state index contributed by atoms with van der Waals surface area (Å²) in [5.74, 6) is 0.668. The Morgan fingerprint density at radius 1 is 1.29 bits per heavy atom. The first kappa shape index (κ1) is 24.7. The van der Waals surface area contributed by atoms with Crippen LogP contribution in [-0.2, 0) is 16.0 Å². The molecule has 7 heteroatoms. The van der Waals surface area contributed by atoms with Crippen molar-refractivity contribution in [1.82, 2.24) is 15.5 Å². The Labute approximate surface area is 186 Å². The molecule has 0 spiro atoms. The molecule has 0 aromatic heterocycles. The molecule has 1 aliphatic rings. The highest BCUT2D eigenvalue weighted by Gasteiger charge is 2.15. The number of carbonyl (C=O) groups is 1. The van der Waals surface area contributed by atoms with Gasteiger partial charge in [0.15, 0.2) is 5.96 Å². The molecule has 1 saturated heterocycles. The average molecular weight is 502 g/mol. The third-order valence-corrected chi connectivity index (χ3v) is 4.73. The fourth-order valence-corrected chi connectivity index (χ4v) is 2.95. The van der Waals surface area contributed by atoms with Crippen molar-refractivity contribution in [1.29, 1.82) is 0 Å². The van der Waals surface area contributed by atoms with E-state index in [0.29, 0.717) is 12.5 Å². The standard InChI is InChI=1S/C21H34N4O2.HI/c1-17(12-13-18-9-5-4-6-10-18)24-21(23-16-20(26)25(2)3)22-15-19-11-7-8-14-27-19;/h4-6,9-10,17,19H,7-8,11-16H2,1-3H3,(H2,22,23,24);1H. The highest BCUT2D eigenvalue weighted by molar-refractivity contribution is 14.0. The number of carbonyl (C=O) groups excluding carboxylic acids is 1. The molecule has 28 heavy (non-hydrogen) atoms. The van der Waals surface area contributed by atoms with E-state index in [1.165, 1.54) is 12.0 Å². The summed E-state index contributed by atoms with van der Waals surface area (Å²) in [6.45, 7) is 3.83. The van der Waals surface area contributed by atoms with E-state index in [9.17, 15) is 4.79 Å². The molecule has 2 atom stereocenters. The van der Waals surface area contributed by atoms with Crippen molar-refractivity contribution < 1.29 is 9.53 Å². The Balaban J connectivity index is 0.00000392. The van der Waals surface area contributed by atoms with Gasteiger partial charge in [-0.15, -0.1) is 24.0 Å². The third kappa shape index (κ3) is 9.73. The van der Waals surface area contributed by atoms with Crippen molar-refractivity contribution in [2.45, 2.75) is 51.2 Å². The summed E-state index contributed by atoms with van der Waals surface area (Å²) >= 11 is 0. The first-order valence-electron chi connectivity index (χ1n) is 9.95. The second kappa shape index (κ2) is 13.8. The second-order valence-corrected chi connectivity index (χ2v) is 7.39. The summed E-state index contributed by atoms with van der Waals surface area (Å²) in [7, 11) is 3.49. The van der Waals surface area contributed by atoms with Gasteiger partial charge in [-0.2, -0.15) is 0 Å². The quantitative estimate of drug-likeness (QED) is 0.326. The largest absolute Gasteiger partial charge is 0.376 e. The molecule has 6 nitrogen and oxygen atoms in total. The Hall–Kier alpha value is -1.35. The minimum absolute atomic E-state index is 0. The van der Waals surface area contributed by atoms with Crippen LogP contribution >= 0.6 is 24.0 Å². The zero-order valence-corrected chi connectivity index (χ0v) is 19.6. The Bertz CT molecular complexity index is 589. The predicted octanol–water partition coefficient (Wildman–Crippen LogP) is 2.82. The molecule has 0 bridgehead atoms. The fraction of sp³-hybridized carbons (Fsp3) is 0.619. The summed E-state index contributed by atoms with van der Waals surface area (Å²) in [6, 6.07) is 10.7. The van der Waals surface area contributed by atoms with Gasteiger partial charge < -0.3 is 20.3 Å². The molecule has 2 N–H and O–H groups in total. The molecule has 1 aliphatic heterocycles. The zero-order chi connectivity index (χ0) is 19.5. The van der Waals surface area contributed by atoms with Gasteiger partial charge >= 0.3 is 0 Å². The molecular formula is C21H35IN4O2. The van der Waals surface area contributed by atoms with Crippen LogP contribution in [0, 0.1) is 0 Å². The number of hydrogen-bond acceptors (Lipinski definition) is 3. The van der Waals surface area contributed by atoms with Crippen LogP contribution in [0.15, 0.2) is 35.3 Å². The first-order valence-corrected chi connectivity index (χ1v) is 9.95. The monoisotopic (exact) mass is 502 g/mol. The summed E-state index contributed by atoms with van der Waals surface area (Å²) < 4.78 is 5.78. The van der Waals surface area contributed by atoms with Crippen LogP contribution < -0.4 is 10.6 Å². The number of halogens is 1. The van der Waals surface area contributed by atoms with Gasteiger partial charge in [-0.05, 0) is 44.6 Å². The van der Waals surface area contributed by atoms with Gasteiger partial charge in [0, 0.05) is 33.3 Å². The molecule has 2 unspecified atom stereocenters. The Morgan fingerprint density at radius 3 is 2.68 bits per heavy atom. The zero-order valence-electron chi connectivity index (χ0n) is 17.3. The summed E-state index contributed by atoms with van der Waals surface area (Å²) in [6.07, 6.45) is 5.63. The van der Waals surface area contributed by atoms with E-state index in [2.05, 4.69) is 46.8 Å². The number of nitrogens with one attached hydrogen (secondary N) is 2. The first-order chi connectivity index (χ1) is 13.0.